The molecule has 0 saturated carbocycles. The summed E-state index contributed by atoms with van der Waals surface area (Å²) in [5, 5.41) is 0. The lowest BCUT2D eigenvalue weighted by atomic mass is 10.1. The fourth-order valence-electron chi connectivity index (χ4n) is 1.97. The Bertz CT molecular complexity index is 399. The third-order valence-electron chi connectivity index (χ3n) is 2.93. The number of nitrogens with two attached hydrogens (primary N) is 1. The topological polar surface area (TPSA) is 79.0 Å². The minimum atomic E-state index is -0.224. The Balaban J connectivity index is 2.56. The van der Waals surface area contributed by atoms with Gasteiger partial charge in [-0.2, -0.15) is 0 Å². The van der Waals surface area contributed by atoms with Gasteiger partial charge < -0.3 is 15.5 Å². The zero-order valence-electron chi connectivity index (χ0n) is 11.8. The number of hydrogen-bond acceptors (Lipinski definition) is 4. The van der Waals surface area contributed by atoms with E-state index in [0.29, 0.717) is 18.8 Å². The number of nitrogens with zero attached hydrogens (tertiary/aromatic N) is 3. The van der Waals surface area contributed by atoms with Crippen molar-refractivity contribution >= 4 is 17.5 Å². The standard InChI is InChI=1S/C13H22N4O2/c1-10(18)9-17-8-7-16(3)12(13(17)19)5-4-6-15-11(2)14/h7-8,12H,4-6,9H2,1-3H3,(H2,14,15)/t12-/m0/s1. The van der Waals surface area contributed by atoms with Crippen molar-refractivity contribution < 1.29 is 9.59 Å². The van der Waals surface area contributed by atoms with E-state index < -0.39 is 0 Å². The van der Waals surface area contributed by atoms with E-state index >= 15 is 0 Å². The molecule has 2 N–H and O–H groups in total. The number of Topliss-reactive ketones (excluding diaryl/α,β-unsaturated/α-hetero) is 1. The first-order chi connectivity index (χ1) is 8.91. The molecule has 1 heterocycles. The molecule has 0 aromatic carbocycles. The fraction of sp³-hybridized carbons (Fsp3) is 0.615. The monoisotopic (exact) mass is 266 g/mol. The largest absolute Gasteiger partial charge is 0.388 e. The molecule has 0 aromatic heterocycles. The summed E-state index contributed by atoms with van der Waals surface area (Å²) in [6, 6.07) is -0.224. The molecule has 0 aliphatic carbocycles. The Hall–Kier alpha value is -1.85. The second kappa shape index (κ2) is 6.92. The second-order valence-corrected chi connectivity index (χ2v) is 4.81. The SMILES string of the molecule is CC(=O)CN1C=CN(C)[C@@H](CCCN=C(C)N)C1=O. The Morgan fingerprint density at radius 3 is 2.68 bits per heavy atom. The van der Waals surface area contributed by atoms with Gasteiger partial charge in [0.25, 0.3) is 0 Å². The van der Waals surface area contributed by atoms with Gasteiger partial charge in [-0.25, -0.2) is 0 Å². The molecular formula is C13H22N4O2. The van der Waals surface area contributed by atoms with Gasteiger partial charge in [0, 0.05) is 26.0 Å². The normalized spacial score (nSPS) is 20.1. The molecule has 1 amide bonds. The van der Waals surface area contributed by atoms with Crippen molar-refractivity contribution in [3.8, 4) is 0 Å². The highest BCUT2D eigenvalue weighted by Gasteiger charge is 2.29. The summed E-state index contributed by atoms with van der Waals surface area (Å²) < 4.78 is 0. The molecule has 0 bridgehead atoms. The van der Waals surface area contributed by atoms with Crippen LogP contribution in [0.1, 0.15) is 26.7 Å². The maximum absolute atomic E-state index is 12.2. The van der Waals surface area contributed by atoms with Crippen LogP contribution in [0.2, 0.25) is 0 Å². The molecule has 0 aromatic rings. The van der Waals surface area contributed by atoms with Crippen LogP contribution in [-0.4, -0.2) is 53.5 Å². The molecule has 0 spiro atoms. The molecule has 19 heavy (non-hydrogen) atoms. The minimum Gasteiger partial charge on any atom is -0.388 e. The first-order valence-electron chi connectivity index (χ1n) is 6.38. The van der Waals surface area contributed by atoms with Crippen LogP contribution in [0.15, 0.2) is 17.4 Å². The Kier molecular flexibility index (Phi) is 5.54. The minimum absolute atomic E-state index is 0.0235. The molecule has 0 fully saturated rings. The smallest absolute Gasteiger partial charge is 0.249 e. The van der Waals surface area contributed by atoms with Gasteiger partial charge in [-0.1, -0.05) is 0 Å². The van der Waals surface area contributed by atoms with E-state index in [-0.39, 0.29) is 24.3 Å². The van der Waals surface area contributed by atoms with E-state index in [1.165, 1.54) is 11.8 Å². The van der Waals surface area contributed by atoms with Crippen molar-refractivity contribution in [2.75, 3.05) is 20.1 Å². The van der Waals surface area contributed by atoms with Gasteiger partial charge in [-0.05, 0) is 26.7 Å². The average molecular weight is 266 g/mol. The van der Waals surface area contributed by atoms with Gasteiger partial charge >= 0.3 is 0 Å². The summed E-state index contributed by atoms with van der Waals surface area (Å²) in [5.41, 5.74) is 5.46. The first-order valence-corrected chi connectivity index (χ1v) is 6.38. The van der Waals surface area contributed by atoms with Crippen LogP contribution in [0.25, 0.3) is 0 Å². The van der Waals surface area contributed by atoms with Crippen molar-refractivity contribution in [1.29, 1.82) is 0 Å². The zero-order valence-corrected chi connectivity index (χ0v) is 11.8. The van der Waals surface area contributed by atoms with E-state index in [4.69, 9.17) is 5.73 Å². The molecular weight excluding hydrogens is 244 g/mol. The van der Waals surface area contributed by atoms with E-state index in [1.54, 1.807) is 13.1 Å². The third-order valence-corrected chi connectivity index (χ3v) is 2.93. The van der Waals surface area contributed by atoms with E-state index in [2.05, 4.69) is 4.99 Å². The molecule has 1 rings (SSSR count). The van der Waals surface area contributed by atoms with E-state index in [1.807, 2.05) is 18.1 Å². The summed E-state index contributed by atoms with van der Waals surface area (Å²) in [6.45, 7) is 3.98. The summed E-state index contributed by atoms with van der Waals surface area (Å²) >= 11 is 0. The van der Waals surface area contributed by atoms with E-state index in [9.17, 15) is 9.59 Å². The summed E-state index contributed by atoms with van der Waals surface area (Å²) in [5.74, 6) is 0.500. The first kappa shape index (κ1) is 15.2. The van der Waals surface area contributed by atoms with Crippen LogP contribution in [0.4, 0.5) is 0 Å². The Morgan fingerprint density at radius 2 is 2.11 bits per heavy atom. The number of rotatable bonds is 6. The Morgan fingerprint density at radius 1 is 1.42 bits per heavy atom. The number of carbonyl (C=O) groups is 2. The van der Waals surface area contributed by atoms with Gasteiger partial charge in [-0.15, -0.1) is 0 Å². The van der Waals surface area contributed by atoms with Crippen LogP contribution < -0.4 is 5.73 Å². The van der Waals surface area contributed by atoms with Crippen LogP contribution in [0.5, 0.6) is 0 Å². The van der Waals surface area contributed by atoms with E-state index in [0.717, 1.165) is 6.42 Å². The molecule has 6 nitrogen and oxygen atoms in total. The number of hydrogen-bond donors (Lipinski definition) is 1. The van der Waals surface area contributed by atoms with Gasteiger partial charge in [0.05, 0.1) is 12.4 Å². The highest BCUT2D eigenvalue weighted by atomic mass is 16.2. The van der Waals surface area contributed by atoms with Gasteiger partial charge in [0.15, 0.2) is 0 Å². The van der Waals surface area contributed by atoms with Crippen molar-refractivity contribution in [3.05, 3.63) is 12.4 Å². The molecule has 0 unspecified atom stereocenters. The van der Waals surface area contributed by atoms with Crippen LogP contribution in [-0.2, 0) is 9.59 Å². The third kappa shape index (κ3) is 4.73. The van der Waals surface area contributed by atoms with Gasteiger partial charge in [0.1, 0.15) is 11.8 Å². The lowest BCUT2D eigenvalue weighted by Gasteiger charge is -2.34. The molecule has 0 saturated heterocycles. The maximum Gasteiger partial charge on any atom is 0.249 e. The van der Waals surface area contributed by atoms with Crippen molar-refractivity contribution in [3.63, 3.8) is 0 Å². The van der Waals surface area contributed by atoms with Crippen molar-refractivity contribution in [2.45, 2.75) is 32.7 Å². The summed E-state index contributed by atoms with van der Waals surface area (Å²) in [6.07, 6.45) is 4.97. The number of carbonyl (C=O) groups excluding carboxylic acids is 2. The average Bonchev–Trinajstić information content (AvgIpc) is 2.31. The molecule has 1 aliphatic heterocycles. The highest BCUT2D eigenvalue weighted by Crippen LogP contribution is 2.15. The van der Waals surface area contributed by atoms with Gasteiger partial charge in [-0.3, -0.25) is 14.6 Å². The molecule has 106 valence electrons. The fourth-order valence-corrected chi connectivity index (χ4v) is 1.97. The Labute approximate surface area is 114 Å². The molecule has 1 atom stereocenters. The predicted octanol–water partition coefficient (Wildman–Crippen LogP) is 0.347. The maximum atomic E-state index is 12.2. The highest BCUT2D eigenvalue weighted by molar-refractivity contribution is 5.88. The number of amides is 1. The van der Waals surface area contributed by atoms with Crippen molar-refractivity contribution in [1.82, 2.24) is 9.80 Å². The summed E-state index contributed by atoms with van der Waals surface area (Å²) in [4.78, 5) is 30.8. The van der Waals surface area contributed by atoms with Crippen LogP contribution in [0, 0.1) is 0 Å². The lowest BCUT2D eigenvalue weighted by Crippen LogP contribution is -2.48. The van der Waals surface area contributed by atoms with Crippen LogP contribution in [0.3, 0.4) is 0 Å². The quantitative estimate of drug-likeness (QED) is 0.427. The second-order valence-electron chi connectivity index (χ2n) is 4.81. The van der Waals surface area contributed by atoms with Crippen molar-refractivity contribution in [2.24, 2.45) is 10.7 Å². The molecule has 6 heteroatoms. The number of likely N-dealkylation sites (N-methyl/N-ethyl adjacent to an activating group) is 1. The van der Waals surface area contributed by atoms with Crippen LogP contribution >= 0.6 is 0 Å². The molecule has 0 radical (unpaired) electrons. The lowest BCUT2D eigenvalue weighted by molar-refractivity contribution is -0.137. The van der Waals surface area contributed by atoms with Gasteiger partial charge in [0.2, 0.25) is 5.91 Å². The molecule has 1 aliphatic rings. The summed E-state index contributed by atoms with van der Waals surface area (Å²) in [7, 11) is 1.86. The number of ketones is 1. The number of aliphatic imine (C=N–C) groups is 1. The zero-order chi connectivity index (χ0) is 14.4. The predicted molar refractivity (Wildman–Crippen MR) is 74.5 cm³/mol. The number of amidine groups is 1.